The lowest BCUT2D eigenvalue weighted by atomic mass is 10.1. The van der Waals surface area contributed by atoms with Crippen LogP contribution in [0, 0.1) is 5.82 Å². The van der Waals surface area contributed by atoms with E-state index in [0.29, 0.717) is 16.8 Å². The van der Waals surface area contributed by atoms with Gasteiger partial charge in [-0.3, -0.25) is 4.79 Å². The molecule has 0 amide bonds. The van der Waals surface area contributed by atoms with Gasteiger partial charge in [0, 0.05) is 17.9 Å². The minimum absolute atomic E-state index is 0.207. The van der Waals surface area contributed by atoms with Crippen molar-refractivity contribution in [1.29, 1.82) is 0 Å². The maximum Gasteiger partial charge on any atom is 0.272 e. The van der Waals surface area contributed by atoms with Crippen molar-refractivity contribution in [3.8, 4) is 16.8 Å². The molecule has 0 bridgehead atoms. The Kier molecular flexibility index (Phi) is 4.02. The van der Waals surface area contributed by atoms with E-state index in [1.54, 1.807) is 12.1 Å². The van der Waals surface area contributed by atoms with Crippen LogP contribution >= 0.6 is 0 Å². The maximum atomic E-state index is 13.0. The van der Waals surface area contributed by atoms with Crippen molar-refractivity contribution in [1.82, 2.24) is 9.78 Å². The second-order valence-electron chi connectivity index (χ2n) is 5.27. The standard InChI is InChI=1S/C17H13FN2O3S/c1-24(22,23)16-8-2-12(3-9-16)13-10-17(21)20(19-11-13)15-6-4-14(18)5-7-15/h2-11H,1H3. The van der Waals surface area contributed by atoms with E-state index in [2.05, 4.69) is 5.10 Å². The van der Waals surface area contributed by atoms with Crippen LogP contribution in [0.25, 0.3) is 16.8 Å². The Bertz CT molecular complexity index is 1040. The van der Waals surface area contributed by atoms with Crippen LogP contribution < -0.4 is 5.56 Å². The highest BCUT2D eigenvalue weighted by atomic mass is 32.2. The zero-order chi connectivity index (χ0) is 17.3. The van der Waals surface area contributed by atoms with E-state index in [-0.39, 0.29) is 10.5 Å². The first kappa shape index (κ1) is 16.1. The third-order valence-electron chi connectivity index (χ3n) is 3.49. The molecule has 2 aromatic carbocycles. The largest absolute Gasteiger partial charge is 0.272 e. The smallest absolute Gasteiger partial charge is 0.267 e. The highest BCUT2D eigenvalue weighted by Crippen LogP contribution is 2.19. The summed E-state index contributed by atoms with van der Waals surface area (Å²) in [6, 6.07) is 13.0. The molecule has 122 valence electrons. The van der Waals surface area contributed by atoms with Crippen LogP contribution in [0.3, 0.4) is 0 Å². The second-order valence-corrected chi connectivity index (χ2v) is 7.28. The quantitative estimate of drug-likeness (QED) is 0.732. The molecule has 0 fully saturated rings. The first-order valence-corrected chi connectivity index (χ1v) is 8.89. The van der Waals surface area contributed by atoms with Gasteiger partial charge in [0.2, 0.25) is 0 Å². The predicted octanol–water partition coefficient (Wildman–Crippen LogP) is 2.44. The molecular formula is C17H13FN2O3S. The van der Waals surface area contributed by atoms with Crippen LogP contribution in [0.4, 0.5) is 4.39 Å². The fraction of sp³-hybridized carbons (Fsp3) is 0.0588. The molecule has 1 aromatic heterocycles. The van der Waals surface area contributed by atoms with Gasteiger partial charge in [0.1, 0.15) is 5.82 Å². The van der Waals surface area contributed by atoms with E-state index < -0.39 is 15.7 Å². The lowest BCUT2D eigenvalue weighted by Gasteiger charge is -2.06. The number of nitrogens with zero attached hydrogens (tertiary/aromatic N) is 2. The van der Waals surface area contributed by atoms with Gasteiger partial charge in [-0.2, -0.15) is 9.78 Å². The predicted molar refractivity (Wildman–Crippen MR) is 88.3 cm³/mol. The number of rotatable bonds is 3. The van der Waals surface area contributed by atoms with Crippen molar-refractivity contribution in [3.63, 3.8) is 0 Å². The van der Waals surface area contributed by atoms with Crippen LogP contribution in [0.15, 0.2) is 70.5 Å². The van der Waals surface area contributed by atoms with Crippen LogP contribution in [-0.2, 0) is 9.84 Å². The number of halogens is 1. The topological polar surface area (TPSA) is 69.0 Å². The molecule has 0 saturated heterocycles. The van der Waals surface area contributed by atoms with E-state index in [0.717, 1.165) is 10.9 Å². The maximum absolute atomic E-state index is 13.0. The van der Waals surface area contributed by atoms with Gasteiger partial charge >= 0.3 is 0 Å². The summed E-state index contributed by atoms with van der Waals surface area (Å²) in [5.41, 5.74) is 1.34. The number of sulfone groups is 1. The van der Waals surface area contributed by atoms with E-state index >= 15 is 0 Å². The Labute approximate surface area is 137 Å². The Morgan fingerprint density at radius 2 is 1.58 bits per heavy atom. The molecule has 0 saturated carbocycles. The molecule has 5 nitrogen and oxygen atoms in total. The van der Waals surface area contributed by atoms with E-state index in [9.17, 15) is 17.6 Å². The zero-order valence-corrected chi connectivity index (χ0v) is 13.5. The van der Waals surface area contributed by atoms with Gasteiger partial charge in [0.15, 0.2) is 9.84 Å². The third kappa shape index (κ3) is 3.26. The first-order valence-electron chi connectivity index (χ1n) is 7.00. The van der Waals surface area contributed by atoms with Crippen molar-refractivity contribution in [2.24, 2.45) is 0 Å². The summed E-state index contributed by atoms with van der Waals surface area (Å²) in [6.45, 7) is 0. The van der Waals surface area contributed by atoms with Gasteiger partial charge in [-0.05, 0) is 42.0 Å². The molecule has 7 heteroatoms. The van der Waals surface area contributed by atoms with Gasteiger partial charge in [0.25, 0.3) is 5.56 Å². The van der Waals surface area contributed by atoms with Gasteiger partial charge in [-0.15, -0.1) is 0 Å². The summed E-state index contributed by atoms with van der Waals surface area (Å²) < 4.78 is 37.1. The van der Waals surface area contributed by atoms with Gasteiger partial charge in [-0.25, -0.2) is 12.8 Å². The van der Waals surface area contributed by atoms with Crippen LogP contribution in [0.1, 0.15) is 0 Å². The average Bonchev–Trinajstić information content (AvgIpc) is 2.55. The Morgan fingerprint density at radius 1 is 0.958 bits per heavy atom. The third-order valence-corrected chi connectivity index (χ3v) is 4.62. The molecule has 3 rings (SSSR count). The lowest BCUT2D eigenvalue weighted by molar-refractivity contribution is 0.602. The van der Waals surface area contributed by atoms with Gasteiger partial charge in [0.05, 0.1) is 16.8 Å². The monoisotopic (exact) mass is 344 g/mol. The fourth-order valence-electron chi connectivity index (χ4n) is 2.24. The molecule has 0 aliphatic carbocycles. The van der Waals surface area contributed by atoms with Crippen molar-refractivity contribution >= 4 is 9.84 Å². The molecule has 0 aliphatic heterocycles. The highest BCUT2D eigenvalue weighted by molar-refractivity contribution is 7.90. The van der Waals surface area contributed by atoms with Gasteiger partial charge < -0.3 is 0 Å². The van der Waals surface area contributed by atoms with Crippen molar-refractivity contribution in [2.75, 3.05) is 6.26 Å². The summed E-state index contributed by atoms with van der Waals surface area (Å²) in [6.07, 6.45) is 2.63. The molecule has 0 atom stereocenters. The van der Waals surface area contributed by atoms with E-state index in [4.69, 9.17) is 0 Å². The zero-order valence-electron chi connectivity index (χ0n) is 12.7. The summed E-state index contributed by atoms with van der Waals surface area (Å²) in [5, 5.41) is 4.09. The van der Waals surface area contributed by atoms with Crippen molar-refractivity contribution in [3.05, 3.63) is 77.0 Å². The van der Waals surface area contributed by atoms with Crippen LogP contribution in [0.5, 0.6) is 0 Å². The van der Waals surface area contributed by atoms with Crippen LogP contribution in [0.2, 0.25) is 0 Å². The second kappa shape index (κ2) is 6.01. The minimum Gasteiger partial charge on any atom is -0.267 e. The molecule has 0 N–H and O–H groups in total. The molecule has 0 aliphatic rings. The molecule has 3 aromatic rings. The molecular weight excluding hydrogens is 331 g/mol. The number of benzene rings is 2. The highest BCUT2D eigenvalue weighted by Gasteiger charge is 2.08. The Hall–Kier alpha value is -2.80. The van der Waals surface area contributed by atoms with E-state index in [1.807, 2.05) is 0 Å². The normalized spacial score (nSPS) is 11.4. The Morgan fingerprint density at radius 3 is 2.12 bits per heavy atom. The van der Waals surface area contributed by atoms with Gasteiger partial charge in [-0.1, -0.05) is 12.1 Å². The molecule has 0 unspecified atom stereocenters. The Balaban J connectivity index is 1.98. The van der Waals surface area contributed by atoms with E-state index in [1.165, 1.54) is 48.7 Å². The number of hydrogen-bond donors (Lipinski definition) is 0. The summed E-state index contributed by atoms with van der Waals surface area (Å²) >= 11 is 0. The minimum atomic E-state index is -3.27. The molecule has 24 heavy (non-hydrogen) atoms. The fourth-order valence-corrected chi connectivity index (χ4v) is 2.87. The average molecular weight is 344 g/mol. The SMILES string of the molecule is CS(=O)(=O)c1ccc(-c2cnn(-c3ccc(F)cc3)c(=O)c2)cc1. The number of hydrogen-bond acceptors (Lipinski definition) is 4. The molecule has 1 heterocycles. The summed E-state index contributed by atoms with van der Waals surface area (Å²) in [5.74, 6) is -0.394. The summed E-state index contributed by atoms with van der Waals surface area (Å²) in [4.78, 5) is 12.4. The lowest BCUT2D eigenvalue weighted by Crippen LogP contribution is -2.20. The van der Waals surface area contributed by atoms with Crippen molar-refractivity contribution in [2.45, 2.75) is 4.90 Å². The molecule has 0 radical (unpaired) electrons. The molecule has 0 spiro atoms. The van der Waals surface area contributed by atoms with Crippen LogP contribution in [-0.4, -0.2) is 24.5 Å². The summed E-state index contributed by atoms with van der Waals surface area (Å²) in [7, 11) is -3.27. The number of aromatic nitrogens is 2. The first-order chi connectivity index (χ1) is 11.3. The van der Waals surface area contributed by atoms with Crippen molar-refractivity contribution < 1.29 is 12.8 Å².